The molecule has 0 spiro atoms. The van der Waals surface area contributed by atoms with E-state index >= 15 is 0 Å². The quantitative estimate of drug-likeness (QED) is 0.840. The molecule has 0 aliphatic carbocycles. The van der Waals surface area contributed by atoms with E-state index in [4.69, 9.17) is 11.6 Å². The SMILES string of the molecule is Cc1ccc(O)c(C(=O)N2CCN(S(=O)(=O)c3ccc(F)c(Cl)c3)CC2)c1. The maximum absolute atomic E-state index is 13.3. The lowest BCUT2D eigenvalue weighted by atomic mass is 10.1. The zero-order valence-corrected chi connectivity index (χ0v) is 16.1. The number of phenolic OH excluding ortho intramolecular Hbond substituents is 1. The van der Waals surface area contributed by atoms with Crippen LogP contribution in [0.5, 0.6) is 5.75 Å². The summed E-state index contributed by atoms with van der Waals surface area (Å²) in [5.74, 6) is -1.15. The highest BCUT2D eigenvalue weighted by molar-refractivity contribution is 7.89. The number of aromatic hydroxyl groups is 1. The van der Waals surface area contributed by atoms with Crippen molar-refractivity contribution in [2.45, 2.75) is 11.8 Å². The van der Waals surface area contributed by atoms with Crippen molar-refractivity contribution in [3.63, 3.8) is 0 Å². The topological polar surface area (TPSA) is 77.9 Å². The van der Waals surface area contributed by atoms with Gasteiger partial charge >= 0.3 is 0 Å². The van der Waals surface area contributed by atoms with Crippen LogP contribution in [-0.2, 0) is 10.0 Å². The molecule has 6 nitrogen and oxygen atoms in total. The molecule has 1 N–H and O–H groups in total. The molecule has 0 unspecified atom stereocenters. The summed E-state index contributed by atoms with van der Waals surface area (Å²) in [7, 11) is -3.84. The molecule has 1 fully saturated rings. The van der Waals surface area contributed by atoms with E-state index in [1.807, 2.05) is 6.92 Å². The number of rotatable bonds is 3. The van der Waals surface area contributed by atoms with Gasteiger partial charge in [0.15, 0.2) is 0 Å². The highest BCUT2D eigenvalue weighted by Gasteiger charge is 2.31. The zero-order valence-electron chi connectivity index (χ0n) is 14.5. The second-order valence-corrected chi connectivity index (χ2v) is 8.64. The summed E-state index contributed by atoms with van der Waals surface area (Å²) in [6.07, 6.45) is 0. The van der Waals surface area contributed by atoms with Crippen LogP contribution in [0.4, 0.5) is 4.39 Å². The van der Waals surface area contributed by atoms with Gasteiger partial charge < -0.3 is 10.0 Å². The maximum atomic E-state index is 13.3. The molecule has 0 aromatic heterocycles. The molecular formula is C18H18ClFN2O4S. The van der Waals surface area contributed by atoms with Crippen molar-refractivity contribution in [3.8, 4) is 5.75 Å². The van der Waals surface area contributed by atoms with Crippen molar-refractivity contribution >= 4 is 27.5 Å². The minimum absolute atomic E-state index is 0.0926. The molecule has 0 bridgehead atoms. The number of amides is 1. The number of carbonyl (C=O) groups is 1. The first kappa shape index (κ1) is 19.6. The molecule has 27 heavy (non-hydrogen) atoms. The van der Waals surface area contributed by atoms with Crippen molar-refractivity contribution in [1.29, 1.82) is 0 Å². The van der Waals surface area contributed by atoms with Crippen LogP contribution in [0, 0.1) is 12.7 Å². The number of aryl methyl sites for hydroxylation is 1. The van der Waals surface area contributed by atoms with Gasteiger partial charge in [-0.3, -0.25) is 4.79 Å². The highest BCUT2D eigenvalue weighted by Crippen LogP contribution is 2.25. The lowest BCUT2D eigenvalue weighted by Crippen LogP contribution is -2.50. The Bertz CT molecular complexity index is 989. The van der Waals surface area contributed by atoms with Gasteiger partial charge in [-0.05, 0) is 37.3 Å². The highest BCUT2D eigenvalue weighted by atomic mass is 35.5. The van der Waals surface area contributed by atoms with Crippen LogP contribution in [0.2, 0.25) is 5.02 Å². The fraction of sp³-hybridized carbons (Fsp3) is 0.278. The Morgan fingerprint density at radius 3 is 2.41 bits per heavy atom. The number of halogens is 2. The molecule has 1 saturated heterocycles. The third kappa shape index (κ3) is 3.92. The monoisotopic (exact) mass is 412 g/mol. The molecule has 3 rings (SSSR count). The fourth-order valence-corrected chi connectivity index (χ4v) is 4.60. The van der Waals surface area contributed by atoms with E-state index in [1.54, 1.807) is 12.1 Å². The van der Waals surface area contributed by atoms with Gasteiger partial charge in [0.1, 0.15) is 11.6 Å². The van der Waals surface area contributed by atoms with Crippen LogP contribution in [0.25, 0.3) is 0 Å². The molecule has 1 heterocycles. The van der Waals surface area contributed by atoms with E-state index in [9.17, 15) is 22.7 Å². The second-order valence-electron chi connectivity index (χ2n) is 6.29. The number of hydrogen-bond donors (Lipinski definition) is 1. The molecule has 1 aliphatic rings. The van der Waals surface area contributed by atoms with Crippen LogP contribution in [0.15, 0.2) is 41.3 Å². The Labute approximate surface area is 161 Å². The summed E-state index contributed by atoms with van der Waals surface area (Å²) < 4.78 is 39.9. The first-order valence-corrected chi connectivity index (χ1v) is 10.1. The molecule has 1 amide bonds. The summed E-state index contributed by atoms with van der Waals surface area (Å²) in [5.41, 5.74) is 1.03. The Balaban J connectivity index is 1.73. The van der Waals surface area contributed by atoms with E-state index in [1.165, 1.54) is 21.3 Å². The number of carbonyl (C=O) groups excluding carboxylic acids is 1. The van der Waals surface area contributed by atoms with E-state index in [2.05, 4.69) is 0 Å². The fourth-order valence-electron chi connectivity index (χ4n) is 2.91. The standard InChI is InChI=1S/C18H18ClFN2O4S/c1-12-2-5-17(23)14(10-12)18(24)21-6-8-22(9-7-21)27(25,26)13-3-4-16(20)15(19)11-13/h2-5,10-11,23H,6-9H2,1H3. The third-order valence-corrected chi connectivity index (χ3v) is 6.62. The molecule has 9 heteroatoms. The summed E-state index contributed by atoms with van der Waals surface area (Å²) in [6, 6.07) is 8.01. The van der Waals surface area contributed by atoms with Gasteiger partial charge in [-0.2, -0.15) is 4.31 Å². The normalized spacial score (nSPS) is 15.7. The maximum Gasteiger partial charge on any atom is 0.257 e. The summed E-state index contributed by atoms with van der Waals surface area (Å²) in [4.78, 5) is 14.0. The molecule has 144 valence electrons. The van der Waals surface area contributed by atoms with Crippen molar-refractivity contribution < 1.29 is 22.7 Å². The van der Waals surface area contributed by atoms with E-state index in [-0.39, 0.29) is 53.3 Å². The zero-order chi connectivity index (χ0) is 19.8. The van der Waals surface area contributed by atoms with Crippen molar-refractivity contribution in [2.75, 3.05) is 26.2 Å². The van der Waals surface area contributed by atoms with Gasteiger partial charge in [0, 0.05) is 26.2 Å². The summed E-state index contributed by atoms with van der Waals surface area (Å²) in [5, 5.41) is 9.65. The number of sulfonamides is 1. The molecular weight excluding hydrogens is 395 g/mol. The molecule has 2 aromatic rings. The average molecular weight is 413 g/mol. The minimum Gasteiger partial charge on any atom is -0.507 e. The summed E-state index contributed by atoms with van der Waals surface area (Å²) >= 11 is 5.68. The first-order chi connectivity index (χ1) is 12.7. The van der Waals surface area contributed by atoms with E-state index < -0.39 is 15.8 Å². The van der Waals surface area contributed by atoms with Crippen molar-refractivity contribution in [3.05, 3.63) is 58.4 Å². The number of piperazine rings is 1. The average Bonchev–Trinajstić information content (AvgIpc) is 2.65. The minimum atomic E-state index is -3.84. The largest absolute Gasteiger partial charge is 0.507 e. The lowest BCUT2D eigenvalue weighted by molar-refractivity contribution is 0.0694. The Hall–Kier alpha value is -2.16. The second kappa shape index (κ2) is 7.46. The van der Waals surface area contributed by atoms with Gasteiger partial charge in [0.2, 0.25) is 10.0 Å². The number of hydrogen-bond acceptors (Lipinski definition) is 4. The predicted octanol–water partition coefficient (Wildman–Crippen LogP) is 2.64. The van der Waals surface area contributed by atoms with Gasteiger partial charge in [-0.1, -0.05) is 23.2 Å². The molecule has 0 atom stereocenters. The molecule has 0 saturated carbocycles. The van der Waals surface area contributed by atoms with Crippen LogP contribution in [0.3, 0.4) is 0 Å². The smallest absolute Gasteiger partial charge is 0.257 e. The predicted molar refractivity (Wildman–Crippen MR) is 98.9 cm³/mol. The van der Waals surface area contributed by atoms with Gasteiger partial charge in [0.25, 0.3) is 5.91 Å². The van der Waals surface area contributed by atoms with E-state index in [0.717, 1.165) is 17.7 Å². The van der Waals surface area contributed by atoms with Gasteiger partial charge in [0.05, 0.1) is 15.5 Å². The third-order valence-electron chi connectivity index (χ3n) is 4.44. The van der Waals surface area contributed by atoms with Crippen LogP contribution < -0.4 is 0 Å². The Morgan fingerprint density at radius 2 is 1.78 bits per heavy atom. The van der Waals surface area contributed by atoms with Crippen LogP contribution in [-0.4, -0.2) is 54.8 Å². The summed E-state index contributed by atoms with van der Waals surface area (Å²) in [6.45, 7) is 2.36. The van der Waals surface area contributed by atoms with Crippen molar-refractivity contribution in [1.82, 2.24) is 9.21 Å². The Kier molecular flexibility index (Phi) is 5.41. The van der Waals surface area contributed by atoms with Gasteiger partial charge in [-0.15, -0.1) is 0 Å². The lowest BCUT2D eigenvalue weighted by Gasteiger charge is -2.34. The molecule has 0 radical (unpaired) electrons. The van der Waals surface area contributed by atoms with Crippen molar-refractivity contribution in [2.24, 2.45) is 0 Å². The van der Waals surface area contributed by atoms with Crippen LogP contribution >= 0.6 is 11.6 Å². The number of phenols is 1. The van der Waals surface area contributed by atoms with Crippen LogP contribution in [0.1, 0.15) is 15.9 Å². The molecule has 1 aliphatic heterocycles. The van der Waals surface area contributed by atoms with Gasteiger partial charge in [-0.25, -0.2) is 12.8 Å². The molecule has 2 aromatic carbocycles. The first-order valence-electron chi connectivity index (χ1n) is 8.24. The number of benzene rings is 2. The Morgan fingerprint density at radius 1 is 1.11 bits per heavy atom. The number of nitrogens with zero attached hydrogens (tertiary/aromatic N) is 2. The van der Waals surface area contributed by atoms with E-state index in [0.29, 0.717) is 0 Å².